The first kappa shape index (κ1) is 13.0. The fraction of sp³-hybridized carbons (Fsp3) is 0.538. The van der Waals surface area contributed by atoms with E-state index in [0.29, 0.717) is 5.56 Å². The van der Waals surface area contributed by atoms with E-state index >= 15 is 0 Å². The van der Waals surface area contributed by atoms with Crippen LogP contribution in [-0.2, 0) is 4.74 Å². The Balaban J connectivity index is 1.93. The van der Waals surface area contributed by atoms with E-state index in [9.17, 15) is 4.39 Å². The minimum Gasteiger partial charge on any atom is -0.377 e. The molecule has 2 unspecified atom stereocenters. The second-order valence-corrected chi connectivity index (χ2v) is 5.35. The summed E-state index contributed by atoms with van der Waals surface area (Å²) >= 11 is 3.36. The summed E-state index contributed by atoms with van der Waals surface area (Å²) in [6.45, 7) is 3.61. The average Bonchev–Trinajstić information content (AvgIpc) is 2.82. The van der Waals surface area contributed by atoms with Crippen LogP contribution in [0.25, 0.3) is 0 Å². The van der Waals surface area contributed by atoms with Gasteiger partial charge in [-0.15, -0.1) is 0 Å². The van der Waals surface area contributed by atoms with Crippen LogP contribution in [0.4, 0.5) is 4.39 Å². The summed E-state index contributed by atoms with van der Waals surface area (Å²) in [7, 11) is 0. The second-order valence-electron chi connectivity index (χ2n) is 4.43. The Bertz CT molecular complexity index is 380. The summed E-state index contributed by atoms with van der Waals surface area (Å²) in [5.74, 6) is -0.166. The standard InChI is InChI=1S/C13H17BrFNO/c1-9(16-8-11-3-2-6-17-11)12-7-10(14)4-5-13(12)15/h4-5,7,9,11,16H,2-3,6,8H2,1H3. The SMILES string of the molecule is CC(NCC1CCCO1)c1cc(Br)ccc1F. The van der Waals surface area contributed by atoms with E-state index < -0.39 is 0 Å². The van der Waals surface area contributed by atoms with Crippen LogP contribution in [0.15, 0.2) is 22.7 Å². The van der Waals surface area contributed by atoms with Gasteiger partial charge in [0.2, 0.25) is 0 Å². The predicted molar refractivity (Wildman–Crippen MR) is 69.5 cm³/mol. The number of nitrogens with one attached hydrogen (secondary N) is 1. The Morgan fingerprint density at radius 2 is 2.41 bits per heavy atom. The van der Waals surface area contributed by atoms with Gasteiger partial charge in [0.15, 0.2) is 0 Å². The van der Waals surface area contributed by atoms with Crippen molar-refractivity contribution in [2.24, 2.45) is 0 Å². The van der Waals surface area contributed by atoms with Crippen LogP contribution in [-0.4, -0.2) is 19.3 Å². The lowest BCUT2D eigenvalue weighted by atomic mass is 10.1. The van der Waals surface area contributed by atoms with Gasteiger partial charge in [0.05, 0.1) is 6.10 Å². The molecular weight excluding hydrogens is 285 g/mol. The normalized spacial score (nSPS) is 21.7. The molecule has 4 heteroatoms. The molecule has 0 spiro atoms. The Morgan fingerprint density at radius 3 is 3.12 bits per heavy atom. The molecule has 1 N–H and O–H groups in total. The molecule has 1 heterocycles. The third-order valence-corrected chi connectivity index (χ3v) is 3.59. The highest BCUT2D eigenvalue weighted by molar-refractivity contribution is 9.10. The van der Waals surface area contributed by atoms with E-state index in [4.69, 9.17) is 4.74 Å². The minimum absolute atomic E-state index is 0.00306. The summed E-state index contributed by atoms with van der Waals surface area (Å²) in [5.41, 5.74) is 0.692. The summed E-state index contributed by atoms with van der Waals surface area (Å²) in [4.78, 5) is 0. The van der Waals surface area contributed by atoms with Crippen molar-refractivity contribution in [1.29, 1.82) is 0 Å². The number of halogens is 2. The number of hydrogen-bond donors (Lipinski definition) is 1. The van der Waals surface area contributed by atoms with Crippen molar-refractivity contribution < 1.29 is 9.13 Å². The molecule has 0 aromatic heterocycles. The van der Waals surface area contributed by atoms with Gasteiger partial charge in [-0.1, -0.05) is 15.9 Å². The van der Waals surface area contributed by atoms with Gasteiger partial charge >= 0.3 is 0 Å². The van der Waals surface area contributed by atoms with Gasteiger partial charge in [-0.05, 0) is 38.0 Å². The van der Waals surface area contributed by atoms with Crippen molar-refractivity contribution in [3.63, 3.8) is 0 Å². The quantitative estimate of drug-likeness (QED) is 0.920. The van der Waals surface area contributed by atoms with E-state index in [2.05, 4.69) is 21.2 Å². The second kappa shape index (κ2) is 5.94. The number of hydrogen-bond acceptors (Lipinski definition) is 2. The van der Waals surface area contributed by atoms with Crippen LogP contribution in [0.1, 0.15) is 31.4 Å². The third-order valence-electron chi connectivity index (χ3n) is 3.10. The zero-order chi connectivity index (χ0) is 12.3. The molecule has 0 radical (unpaired) electrons. The van der Waals surface area contributed by atoms with Crippen LogP contribution in [0.5, 0.6) is 0 Å². The smallest absolute Gasteiger partial charge is 0.128 e. The molecule has 2 nitrogen and oxygen atoms in total. The molecule has 1 saturated heterocycles. The molecule has 1 aromatic rings. The molecule has 1 fully saturated rings. The maximum absolute atomic E-state index is 13.6. The highest BCUT2D eigenvalue weighted by Gasteiger charge is 2.17. The topological polar surface area (TPSA) is 21.3 Å². The fourth-order valence-electron chi connectivity index (χ4n) is 2.07. The zero-order valence-corrected chi connectivity index (χ0v) is 11.5. The molecule has 2 atom stereocenters. The largest absolute Gasteiger partial charge is 0.377 e. The van der Waals surface area contributed by atoms with Crippen molar-refractivity contribution >= 4 is 15.9 Å². The lowest BCUT2D eigenvalue weighted by molar-refractivity contribution is 0.108. The molecule has 1 aliphatic rings. The van der Waals surface area contributed by atoms with Gasteiger partial charge in [0.1, 0.15) is 5.82 Å². The number of rotatable bonds is 4. The molecule has 0 amide bonds. The monoisotopic (exact) mass is 301 g/mol. The van der Waals surface area contributed by atoms with Gasteiger partial charge in [0.25, 0.3) is 0 Å². The number of benzene rings is 1. The maximum atomic E-state index is 13.6. The van der Waals surface area contributed by atoms with Gasteiger partial charge in [-0.25, -0.2) is 4.39 Å². The van der Waals surface area contributed by atoms with Crippen molar-refractivity contribution in [2.75, 3.05) is 13.2 Å². The van der Waals surface area contributed by atoms with Gasteiger partial charge < -0.3 is 10.1 Å². The number of ether oxygens (including phenoxy) is 1. The van der Waals surface area contributed by atoms with Crippen LogP contribution in [0.2, 0.25) is 0 Å². The summed E-state index contributed by atoms with van der Waals surface area (Å²) in [5, 5.41) is 3.32. The molecule has 0 aliphatic carbocycles. The Hall–Kier alpha value is -0.450. The van der Waals surface area contributed by atoms with E-state index in [0.717, 1.165) is 30.5 Å². The van der Waals surface area contributed by atoms with Gasteiger partial charge in [0, 0.05) is 29.2 Å². The first-order valence-electron chi connectivity index (χ1n) is 5.97. The zero-order valence-electron chi connectivity index (χ0n) is 9.88. The van der Waals surface area contributed by atoms with Gasteiger partial charge in [-0.2, -0.15) is 0 Å². The molecular formula is C13H17BrFNO. The van der Waals surface area contributed by atoms with E-state index in [-0.39, 0.29) is 18.0 Å². The third kappa shape index (κ3) is 3.50. The molecule has 1 aliphatic heterocycles. The molecule has 1 aromatic carbocycles. The highest BCUT2D eigenvalue weighted by atomic mass is 79.9. The molecule has 0 bridgehead atoms. The Kier molecular flexibility index (Phi) is 4.54. The average molecular weight is 302 g/mol. The highest BCUT2D eigenvalue weighted by Crippen LogP contribution is 2.22. The van der Waals surface area contributed by atoms with Crippen LogP contribution in [0.3, 0.4) is 0 Å². The molecule has 2 rings (SSSR count). The fourth-order valence-corrected chi connectivity index (χ4v) is 2.45. The summed E-state index contributed by atoms with van der Waals surface area (Å²) in [6.07, 6.45) is 2.51. The first-order chi connectivity index (χ1) is 8.16. The van der Waals surface area contributed by atoms with E-state index in [1.807, 2.05) is 13.0 Å². The van der Waals surface area contributed by atoms with Crippen molar-refractivity contribution in [1.82, 2.24) is 5.32 Å². The maximum Gasteiger partial charge on any atom is 0.128 e. The van der Waals surface area contributed by atoms with Crippen LogP contribution < -0.4 is 5.32 Å². The molecule has 94 valence electrons. The summed E-state index contributed by atoms with van der Waals surface area (Å²) < 4.78 is 20.1. The Morgan fingerprint density at radius 1 is 1.59 bits per heavy atom. The molecule has 0 saturated carbocycles. The van der Waals surface area contributed by atoms with Crippen molar-refractivity contribution in [3.05, 3.63) is 34.1 Å². The Labute approximate surface area is 110 Å². The van der Waals surface area contributed by atoms with Crippen molar-refractivity contribution in [3.8, 4) is 0 Å². The van der Waals surface area contributed by atoms with Gasteiger partial charge in [-0.3, -0.25) is 0 Å². The lowest BCUT2D eigenvalue weighted by Crippen LogP contribution is -2.29. The van der Waals surface area contributed by atoms with E-state index in [1.54, 1.807) is 6.07 Å². The predicted octanol–water partition coefficient (Wildman–Crippen LogP) is 3.42. The molecule has 17 heavy (non-hydrogen) atoms. The summed E-state index contributed by atoms with van der Waals surface area (Å²) in [6, 6.07) is 5.02. The van der Waals surface area contributed by atoms with E-state index in [1.165, 1.54) is 6.07 Å². The van der Waals surface area contributed by atoms with Crippen molar-refractivity contribution in [2.45, 2.75) is 31.9 Å². The minimum atomic E-state index is -0.166. The van der Waals surface area contributed by atoms with Crippen LogP contribution >= 0.6 is 15.9 Å². The van der Waals surface area contributed by atoms with Crippen LogP contribution in [0, 0.1) is 5.82 Å². The lowest BCUT2D eigenvalue weighted by Gasteiger charge is -2.18. The first-order valence-corrected chi connectivity index (χ1v) is 6.76.